The smallest absolute Gasteiger partial charge is 0.270 e. The lowest BCUT2D eigenvalue weighted by Gasteiger charge is -2.29. The highest BCUT2D eigenvalue weighted by Gasteiger charge is 2.31. The number of halogens is 2. The van der Waals surface area contributed by atoms with E-state index in [-0.39, 0.29) is 24.1 Å². The molecular formula is C24H24F2N2O. The van der Waals surface area contributed by atoms with Crippen LogP contribution in [0.15, 0.2) is 42.5 Å². The molecule has 2 aliphatic carbocycles. The molecule has 0 bridgehead atoms. The quantitative estimate of drug-likeness (QED) is 0.574. The SMILES string of the molecule is O=C(c1cc2c(C3CC3)cccc2[nH]1)N(Cc1c(F)cccc1F)C1CCCC1. The molecule has 1 N–H and O–H groups in total. The van der Waals surface area contributed by atoms with Gasteiger partial charge in [0, 0.05) is 22.5 Å². The number of H-pyrrole nitrogens is 1. The van der Waals surface area contributed by atoms with Crippen LogP contribution >= 0.6 is 0 Å². The van der Waals surface area contributed by atoms with Gasteiger partial charge in [0.15, 0.2) is 0 Å². The van der Waals surface area contributed by atoms with Gasteiger partial charge in [-0.25, -0.2) is 8.78 Å². The Balaban J connectivity index is 1.51. The van der Waals surface area contributed by atoms with Crippen molar-refractivity contribution in [3.05, 3.63) is 70.9 Å². The van der Waals surface area contributed by atoms with E-state index in [1.165, 1.54) is 36.6 Å². The van der Waals surface area contributed by atoms with Crippen LogP contribution in [-0.4, -0.2) is 21.8 Å². The summed E-state index contributed by atoms with van der Waals surface area (Å²) < 4.78 is 28.6. The monoisotopic (exact) mass is 394 g/mol. The van der Waals surface area contributed by atoms with Crippen molar-refractivity contribution >= 4 is 16.8 Å². The van der Waals surface area contributed by atoms with Gasteiger partial charge < -0.3 is 9.88 Å². The number of nitrogens with zero attached hydrogens (tertiary/aromatic N) is 1. The van der Waals surface area contributed by atoms with Crippen LogP contribution in [0.5, 0.6) is 0 Å². The number of aromatic amines is 1. The van der Waals surface area contributed by atoms with Gasteiger partial charge in [-0.2, -0.15) is 0 Å². The molecule has 1 aromatic heterocycles. The molecule has 2 aliphatic rings. The molecule has 3 aromatic rings. The molecule has 0 unspecified atom stereocenters. The summed E-state index contributed by atoms with van der Waals surface area (Å²) in [5, 5.41) is 1.08. The second-order valence-electron chi connectivity index (χ2n) is 8.34. The van der Waals surface area contributed by atoms with Crippen LogP contribution in [0.1, 0.15) is 66.1 Å². The molecule has 5 rings (SSSR count). The average Bonchev–Trinajstić information content (AvgIpc) is 3.23. The Hall–Kier alpha value is -2.69. The van der Waals surface area contributed by atoms with Crippen LogP contribution < -0.4 is 0 Å². The largest absolute Gasteiger partial charge is 0.351 e. The van der Waals surface area contributed by atoms with Gasteiger partial charge in [0.25, 0.3) is 5.91 Å². The molecule has 2 fully saturated rings. The van der Waals surface area contributed by atoms with Gasteiger partial charge in [-0.05, 0) is 61.4 Å². The van der Waals surface area contributed by atoms with E-state index in [1.54, 1.807) is 4.90 Å². The number of carbonyl (C=O) groups is 1. The van der Waals surface area contributed by atoms with Crippen molar-refractivity contribution in [2.75, 3.05) is 0 Å². The fourth-order valence-electron chi connectivity index (χ4n) is 4.64. The van der Waals surface area contributed by atoms with E-state index < -0.39 is 11.6 Å². The van der Waals surface area contributed by atoms with Crippen LogP contribution in [-0.2, 0) is 6.54 Å². The predicted octanol–water partition coefficient (Wildman–Crippen LogP) is 5.91. The van der Waals surface area contributed by atoms with Gasteiger partial charge in [-0.15, -0.1) is 0 Å². The highest BCUT2D eigenvalue weighted by atomic mass is 19.1. The fourth-order valence-corrected chi connectivity index (χ4v) is 4.64. The Morgan fingerprint density at radius 2 is 1.69 bits per heavy atom. The van der Waals surface area contributed by atoms with Gasteiger partial charge in [-0.1, -0.05) is 31.0 Å². The van der Waals surface area contributed by atoms with E-state index in [4.69, 9.17) is 0 Å². The topological polar surface area (TPSA) is 36.1 Å². The number of carbonyl (C=O) groups excluding carboxylic acids is 1. The first-order valence-electron chi connectivity index (χ1n) is 10.5. The average molecular weight is 394 g/mol. The lowest BCUT2D eigenvalue weighted by Crippen LogP contribution is -2.39. The first kappa shape index (κ1) is 18.3. The molecule has 3 nitrogen and oxygen atoms in total. The van der Waals surface area contributed by atoms with Gasteiger partial charge in [0.1, 0.15) is 17.3 Å². The molecule has 150 valence electrons. The third-order valence-electron chi connectivity index (χ3n) is 6.36. The van der Waals surface area contributed by atoms with E-state index in [9.17, 15) is 13.6 Å². The van der Waals surface area contributed by atoms with Crippen molar-refractivity contribution in [2.24, 2.45) is 0 Å². The predicted molar refractivity (Wildman–Crippen MR) is 109 cm³/mol. The van der Waals surface area contributed by atoms with Crippen molar-refractivity contribution < 1.29 is 13.6 Å². The van der Waals surface area contributed by atoms with Crippen molar-refractivity contribution in [2.45, 2.75) is 57.0 Å². The Kier molecular flexibility index (Phi) is 4.61. The van der Waals surface area contributed by atoms with Gasteiger partial charge >= 0.3 is 0 Å². The summed E-state index contributed by atoms with van der Waals surface area (Å²) in [7, 11) is 0. The minimum Gasteiger partial charge on any atom is -0.351 e. The summed E-state index contributed by atoms with van der Waals surface area (Å²) >= 11 is 0. The van der Waals surface area contributed by atoms with E-state index in [0.29, 0.717) is 11.6 Å². The maximum absolute atomic E-state index is 14.3. The third-order valence-corrected chi connectivity index (χ3v) is 6.36. The Labute approximate surface area is 168 Å². The number of hydrogen-bond donors (Lipinski definition) is 1. The van der Waals surface area contributed by atoms with Gasteiger partial charge in [-0.3, -0.25) is 4.79 Å². The zero-order valence-corrected chi connectivity index (χ0v) is 16.3. The highest BCUT2D eigenvalue weighted by molar-refractivity contribution is 5.99. The van der Waals surface area contributed by atoms with Gasteiger partial charge in [0.05, 0.1) is 6.54 Å². The zero-order valence-electron chi connectivity index (χ0n) is 16.3. The molecular weight excluding hydrogens is 370 g/mol. The van der Waals surface area contributed by atoms with Crippen molar-refractivity contribution in [3.63, 3.8) is 0 Å². The van der Waals surface area contributed by atoms with E-state index in [0.717, 1.165) is 36.6 Å². The number of aromatic nitrogens is 1. The molecule has 0 saturated heterocycles. The Bertz CT molecular complexity index is 1040. The minimum absolute atomic E-state index is 0.0100. The van der Waals surface area contributed by atoms with Crippen molar-refractivity contribution in [1.82, 2.24) is 9.88 Å². The number of hydrogen-bond acceptors (Lipinski definition) is 1. The zero-order chi connectivity index (χ0) is 20.0. The van der Waals surface area contributed by atoms with Crippen LogP contribution in [0.4, 0.5) is 8.78 Å². The van der Waals surface area contributed by atoms with Crippen LogP contribution in [0.3, 0.4) is 0 Å². The molecule has 0 aliphatic heterocycles. The summed E-state index contributed by atoms with van der Waals surface area (Å²) in [4.78, 5) is 18.4. The van der Waals surface area contributed by atoms with E-state index >= 15 is 0 Å². The van der Waals surface area contributed by atoms with E-state index in [1.807, 2.05) is 18.2 Å². The summed E-state index contributed by atoms with van der Waals surface area (Å²) in [5.41, 5.74) is 2.69. The molecule has 1 heterocycles. The second-order valence-corrected chi connectivity index (χ2v) is 8.34. The number of rotatable bonds is 5. The number of nitrogens with one attached hydrogen (secondary N) is 1. The second kappa shape index (κ2) is 7.29. The van der Waals surface area contributed by atoms with Crippen molar-refractivity contribution in [1.29, 1.82) is 0 Å². The molecule has 0 atom stereocenters. The first-order valence-corrected chi connectivity index (χ1v) is 10.5. The fraction of sp³-hybridized carbons (Fsp3) is 0.375. The van der Waals surface area contributed by atoms with E-state index in [2.05, 4.69) is 11.1 Å². The maximum atomic E-state index is 14.3. The summed E-state index contributed by atoms with van der Waals surface area (Å²) in [6.45, 7) is -0.0488. The molecule has 2 aromatic carbocycles. The molecule has 1 amide bonds. The van der Waals surface area contributed by atoms with Crippen LogP contribution in [0, 0.1) is 11.6 Å². The van der Waals surface area contributed by atoms with Crippen LogP contribution in [0.2, 0.25) is 0 Å². The molecule has 2 saturated carbocycles. The van der Waals surface area contributed by atoms with Crippen LogP contribution in [0.25, 0.3) is 10.9 Å². The molecule has 29 heavy (non-hydrogen) atoms. The third kappa shape index (κ3) is 3.43. The first-order chi connectivity index (χ1) is 14.1. The Morgan fingerprint density at radius 1 is 1.00 bits per heavy atom. The normalized spacial score (nSPS) is 17.2. The summed E-state index contributed by atoms with van der Waals surface area (Å²) in [6, 6.07) is 11.9. The summed E-state index contributed by atoms with van der Waals surface area (Å²) in [5.74, 6) is -0.810. The Morgan fingerprint density at radius 3 is 2.38 bits per heavy atom. The minimum atomic E-state index is -0.603. The number of fused-ring (bicyclic) bond motifs is 1. The lowest BCUT2D eigenvalue weighted by molar-refractivity contribution is 0.0655. The molecule has 0 radical (unpaired) electrons. The summed E-state index contributed by atoms with van der Waals surface area (Å²) in [6.07, 6.45) is 6.19. The molecule has 5 heteroatoms. The standard InChI is InChI=1S/C24H24F2N2O/c25-20-8-4-9-21(26)19(20)14-28(16-5-1-2-6-16)24(29)23-13-18-17(15-11-12-15)7-3-10-22(18)27-23/h3-4,7-10,13,15-16,27H,1-2,5-6,11-12,14H2. The molecule has 0 spiro atoms. The lowest BCUT2D eigenvalue weighted by atomic mass is 10.1. The number of benzene rings is 2. The van der Waals surface area contributed by atoms with Gasteiger partial charge in [0.2, 0.25) is 0 Å². The highest BCUT2D eigenvalue weighted by Crippen LogP contribution is 2.43. The van der Waals surface area contributed by atoms with Crippen molar-refractivity contribution in [3.8, 4) is 0 Å². The maximum Gasteiger partial charge on any atom is 0.270 e. The number of amides is 1.